The maximum atomic E-state index is 14.4. The molecule has 2 unspecified atom stereocenters. The monoisotopic (exact) mass is 592 g/mol. The summed E-state index contributed by atoms with van der Waals surface area (Å²) < 4.78 is 5.51. The second-order valence-corrected chi connectivity index (χ2v) is 11.1. The minimum atomic E-state index is -1.01. The number of piperazine rings is 1. The Morgan fingerprint density at radius 2 is 1.37 bits per heavy atom. The molecule has 3 atom stereocenters. The Bertz CT molecular complexity index is 1660. The van der Waals surface area contributed by atoms with Gasteiger partial charge in [0.05, 0.1) is 33.8 Å². The summed E-state index contributed by atoms with van der Waals surface area (Å²) in [6.45, 7) is 0.722. The molecule has 4 aromatic rings. The molecule has 43 heavy (non-hydrogen) atoms. The first kappa shape index (κ1) is 27.2. The van der Waals surface area contributed by atoms with Crippen LogP contribution < -0.4 is 9.80 Å². The predicted molar refractivity (Wildman–Crippen MR) is 168 cm³/mol. The number of rotatable bonds is 3. The number of benzene rings is 4. The van der Waals surface area contributed by atoms with Crippen molar-refractivity contribution in [1.29, 1.82) is 0 Å². The van der Waals surface area contributed by atoms with Gasteiger partial charge in [0.15, 0.2) is 6.29 Å². The molecule has 8 nitrogen and oxygen atoms in total. The largest absolute Gasteiger partial charge is 0.366 e. The summed E-state index contributed by atoms with van der Waals surface area (Å²) in [5.74, 6) is 0. The van der Waals surface area contributed by atoms with Gasteiger partial charge in [0.25, 0.3) is 0 Å². The molecule has 216 valence electrons. The van der Waals surface area contributed by atoms with Crippen molar-refractivity contribution >= 4 is 58.6 Å². The molecule has 7 rings (SSSR count). The van der Waals surface area contributed by atoms with E-state index in [1.54, 1.807) is 31.7 Å². The van der Waals surface area contributed by atoms with Crippen molar-refractivity contribution in [1.82, 2.24) is 9.80 Å². The van der Waals surface area contributed by atoms with E-state index < -0.39 is 18.4 Å². The Balaban J connectivity index is 1.22. The number of aliphatic hydroxyl groups is 1. The number of aliphatic hydroxyl groups excluding tert-OH is 1. The van der Waals surface area contributed by atoms with E-state index in [-0.39, 0.29) is 25.2 Å². The van der Waals surface area contributed by atoms with Crippen LogP contribution in [-0.2, 0) is 4.74 Å². The van der Waals surface area contributed by atoms with Gasteiger partial charge in [0.1, 0.15) is 6.10 Å². The normalized spacial score (nSPS) is 20.6. The van der Waals surface area contributed by atoms with E-state index in [4.69, 9.17) is 16.3 Å². The maximum Gasteiger partial charge on any atom is 0.329 e. The molecule has 9 heteroatoms. The lowest BCUT2D eigenvalue weighted by Gasteiger charge is -2.44. The highest BCUT2D eigenvalue weighted by atomic mass is 35.5. The number of epoxide rings is 1. The number of hydrogen-bond acceptors (Lipinski definition) is 4. The quantitative estimate of drug-likeness (QED) is 0.267. The zero-order chi connectivity index (χ0) is 29.5. The van der Waals surface area contributed by atoms with Crippen LogP contribution in [-0.4, -0.2) is 65.0 Å². The molecule has 3 aliphatic heterocycles. The molecule has 4 aromatic carbocycles. The number of halogens is 1. The average molecular weight is 593 g/mol. The van der Waals surface area contributed by atoms with Crippen molar-refractivity contribution in [3.8, 4) is 0 Å². The van der Waals surface area contributed by atoms with E-state index in [9.17, 15) is 14.7 Å². The van der Waals surface area contributed by atoms with Crippen LogP contribution in [0.5, 0.6) is 0 Å². The maximum absolute atomic E-state index is 14.4. The highest BCUT2D eigenvalue weighted by Crippen LogP contribution is 2.39. The summed E-state index contributed by atoms with van der Waals surface area (Å²) in [7, 11) is 0. The van der Waals surface area contributed by atoms with Crippen LogP contribution in [0.25, 0.3) is 12.2 Å². The number of carbonyl (C=O) groups is 2. The third kappa shape index (κ3) is 5.03. The highest BCUT2D eigenvalue weighted by Gasteiger charge is 2.51. The molecule has 0 bridgehead atoms. The van der Waals surface area contributed by atoms with Gasteiger partial charge in [-0.2, -0.15) is 0 Å². The molecule has 3 heterocycles. The van der Waals surface area contributed by atoms with Gasteiger partial charge in [-0.05, 0) is 47.5 Å². The van der Waals surface area contributed by atoms with Crippen molar-refractivity contribution in [2.24, 2.45) is 0 Å². The van der Waals surface area contributed by atoms with E-state index in [0.717, 1.165) is 22.5 Å². The number of amides is 4. The first-order valence-electron chi connectivity index (χ1n) is 14.2. The van der Waals surface area contributed by atoms with Crippen molar-refractivity contribution in [3.05, 3.63) is 119 Å². The van der Waals surface area contributed by atoms with Crippen molar-refractivity contribution in [2.75, 3.05) is 29.4 Å². The lowest BCUT2D eigenvalue weighted by Crippen LogP contribution is -2.62. The SMILES string of the molecule is O=C(N1CCN(C(=O)N(c2ccccc2)c2ccccc2Cl)[C@H](C2OC2O)C1)N1c2ccccc2C=Cc2ccccc21. The Morgan fingerprint density at radius 1 is 0.791 bits per heavy atom. The number of ether oxygens (including phenoxy) is 1. The zero-order valence-electron chi connectivity index (χ0n) is 23.2. The topological polar surface area (TPSA) is 79.9 Å². The van der Waals surface area contributed by atoms with Gasteiger partial charge in [-0.3, -0.25) is 9.80 Å². The first-order valence-corrected chi connectivity index (χ1v) is 14.6. The fourth-order valence-electron chi connectivity index (χ4n) is 5.91. The molecule has 2 fully saturated rings. The van der Waals surface area contributed by atoms with Crippen LogP contribution in [0, 0.1) is 0 Å². The summed E-state index contributed by atoms with van der Waals surface area (Å²) in [6, 6.07) is 31.0. The van der Waals surface area contributed by atoms with Crippen LogP contribution in [0.2, 0.25) is 5.02 Å². The predicted octanol–water partition coefficient (Wildman–Crippen LogP) is 6.74. The van der Waals surface area contributed by atoms with Gasteiger partial charge in [-0.1, -0.05) is 90.5 Å². The number of urea groups is 2. The standard InChI is InChI=1S/C34H29ClN4O4/c35-26-14-6-9-17-29(26)38(25-12-2-1-3-13-25)34(42)37-21-20-36(22-30(37)31-32(40)43-31)33(41)39-27-15-7-4-10-23(27)18-19-24-11-5-8-16-28(24)39/h1-19,30-32,40H,20-22H2/t30-,31?,32?/m0/s1. The lowest BCUT2D eigenvalue weighted by atomic mass is 10.1. The third-order valence-electron chi connectivity index (χ3n) is 8.10. The Hall–Kier alpha value is -4.63. The Labute approximate surface area is 254 Å². The molecule has 1 N–H and O–H groups in total. The van der Waals surface area contributed by atoms with Crippen LogP contribution >= 0.6 is 11.6 Å². The molecule has 4 amide bonds. The fourth-order valence-corrected chi connectivity index (χ4v) is 6.13. The molecule has 0 spiro atoms. The number of fused-ring (bicyclic) bond motifs is 2. The summed E-state index contributed by atoms with van der Waals surface area (Å²) in [5, 5.41) is 10.8. The van der Waals surface area contributed by atoms with E-state index in [1.807, 2.05) is 103 Å². The van der Waals surface area contributed by atoms with Crippen molar-refractivity contribution < 1.29 is 19.4 Å². The average Bonchev–Trinajstić information content (AvgIpc) is 3.81. The first-order chi connectivity index (χ1) is 21.0. The molecule has 0 aromatic heterocycles. The van der Waals surface area contributed by atoms with Crippen LogP contribution in [0.15, 0.2) is 103 Å². The number of hydrogen-bond donors (Lipinski definition) is 1. The van der Waals surface area contributed by atoms with E-state index in [2.05, 4.69) is 0 Å². The molecular formula is C34H29ClN4O4. The molecular weight excluding hydrogens is 564 g/mol. The minimum absolute atomic E-state index is 0.186. The number of nitrogens with zero attached hydrogens (tertiary/aromatic N) is 4. The van der Waals surface area contributed by atoms with Crippen molar-refractivity contribution in [3.63, 3.8) is 0 Å². The smallest absolute Gasteiger partial charge is 0.329 e. The van der Waals surface area contributed by atoms with E-state index in [0.29, 0.717) is 22.9 Å². The molecule has 0 radical (unpaired) electrons. The van der Waals surface area contributed by atoms with Gasteiger partial charge in [0, 0.05) is 19.6 Å². The number of anilines is 4. The molecule has 0 saturated carbocycles. The lowest BCUT2D eigenvalue weighted by molar-refractivity contribution is 0.0978. The summed E-state index contributed by atoms with van der Waals surface area (Å²) >= 11 is 6.59. The molecule has 0 aliphatic carbocycles. The summed E-state index contributed by atoms with van der Waals surface area (Å²) in [5.41, 5.74) is 4.61. The number of para-hydroxylation sites is 4. The van der Waals surface area contributed by atoms with E-state index >= 15 is 0 Å². The third-order valence-corrected chi connectivity index (χ3v) is 8.42. The second-order valence-electron chi connectivity index (χ2n) is 10.7. The number of carbonyl (C=O) groups excluding carboxylic acids is 2. The van der Waals surface area contributed by atoms with Crippen LogP contribution in [0.4, 0.5) is 32.3 Å². The molecule has 2 saturated heterocycles. The Kier molecular flexibility index (Phi) is 7.10. The van der Waals surface area contributed by atoms with Crippen molar-refractivity contribution in [2.45, 2.75) is 18.4 Å². The fraction of sp³-hybridized carbons (Fsp3) is 0.176. The van der Waals surface area contributed by atoms with Gasteiger partial charge in [0.2, 0.25) is 0 Å². The van der Waals surface area contributed by atoms with Gasteiger partial charge in [-0.15, -0.1) is 0 Å². The van der Waals surface area contributed by atoms with Gasteiger partial charge in [-0.25, -0.2) is 9.59 Å². The van der Waals surface area contributed by atoms with Gasteiger partial charge < -0.3 is 19.6 Å². The van der Waals surface area contributed by atoms with E-state index in [1.165, 1.54) is 0 Å². The molecule has 3 aliphatic rings. The summed E-state index contributed by atoms with van der Waals surface area (Å²) in [6.07, 6.45) is 2.41. The Morgan fingerprint density at radius 3 is 2.00 bits per heavy atom. The minimum Gasteiger partial charge on any atom is -0.366 e. The van der Waals surface area contributed by atoms with Crippen LogP contribution in [0.3, 0.4) is 0 Å². The highest BCUT2D eigenvalue weighted by molar-refractivity contribution is 6.34. The second kappa shape index (κ2) is 11.2. The summed E-state index contributed by atoms with van der Waals surface area (Å²) in [4.78, 5) is 35.5. The van der Waals surface area contributed by atoms with Crippen LogP contribution in [0.1, 0.15) is 11.1 Å². The zero-order valence-corrected chi connectivity index (χ0v) is 23.9. The van der Waals surface area contributed by atoms with Gasteiger partial charge >= 0.3 is 12.1 Å².